The first-order valence-corrected chi connectivity index (χ1v) is 11.6. The number of rotatable bonds is 9. The Hall–Kier alpha value is -2.68. The van der Waals surface area contributed by atoms with Gasteiger partial charge in [-0.1, -0.05) is 6.07 Å². The van der Waals surface area contributed by atoms with Gasteiger partial charge in [-0.25, -0.2) is 4.79 Å². The molecule has 1 saturated heterocycles. The van der Waals surface area contributed by atoms with Gasteiger partial charge in [0.25, 0.3) is 0 Å². The molecule has 1 fully saturated rings. The number of hydrogen-bond acceptors (Lipinski definition) is 6. The van der Waals surface area contributed by atoms with Gasteiger partial charge in [0, 0.05) is 44.6 Å². The summed E-state index contributed by atoms with van der Waals surface area (Å²) in [5.41, 5.74) is 0.337. The lowest BCUT2D eigenvalue weighted by atomic mass is 9.97. The van der Waals surface area contributed by atoms with Crippen LogP contribution in [0.25, 0.3) is 0 Å². The number of hydrogen-bond donors (Lipinski definition) is 1. The van der Waals surface area contributed by atoms with E-state index in [1.807, 2.05) is 40.7 Å². The van der Waals surface area contributed by atoms with Crippen LogP contribution in [-0.4, -0.2) is 77.2 Å². The van der Waals surface area contributed by atoms with Crippen LogP contribution in [0.4, 0.5) is 4.79 Å². The van der Waals surface area contributed by atoms with Crippen LogP contribution >= 0.6 is 0 Å². The van der Waals surface area contributed by atoms with Crippen LogP contribution in [0.3, 0.4) is 0 Å². The van der Waals surface area contributed by atoms with Crippen LogP contribution in [-0.2, 0) is 25.6 Å². The van der Waals surface area contributed by atoms with E-state index in [1.54, 1.807) is 28.3 Å². The van der Waals surface area contributed by atoms with Gasteiger partial charge in [0.1, 0.15) is 18.8 Å². The standard InChI is InChI=1S/C24H38N4O5/c1-18(2)28(23(31)33-24(3,4)5)15-20-9-7-11-27(14-20)22(30)17-32-16-21(29)26-13-19-8-6-10-25-12-19/h6,8,10,12,18,20H,7,9,11,13-17H2,1-5H3,(H,26,29). The van der Waals surface area contributed by atoms with Crippen molar-refractivity contribution in [3.05, 3.63) is 30.1 Å². The maximum Gasteiger partial charge on any atom is 0.410 e. The Kier molecular flexibility index (Phi) is 10.1. The van der Waals surface area contributed by atoms with E-state index in [2.05, 4.69) is 10.3 Å². The summed E-state index contributed by atoms with van der Waals surface area (Å²) in [5, 5.41) is 2.74. The molecule has 0 saturated carbocycles. The van der Waals surface area contributed by atoms with Crippen LogP contribution in [0.5, 0.6) is 0 Å². The Morgan fingerprint density at radius 1 is 1.27 bits per heavy atom. The maximum absolute atomic E-state index is 12.6. The van der Waals surface area contributed by atoms with Crippen LogP contribution in [0.2, 0.25) is 0 Å². The Balaban J connectivity index is 1.76. The highest BCUT2D eigenvalue weighted by molar-refractivity contribution is 5.79. The van der Waals surface area contributed by atoms with Gasteiger partial charge in [-0.15, -0.1) is 0 Å². The molecule has 1 aliphatic heterocycles. The van der Waals surface area contributed by atoms with Crippen molar-refractivity contribution in [3.63, 3.8) is 0 Å². The Morgan fingerprint density at radius 3 is 2.67 bits per heavy atom. The first-order valence-electron chi connectivity index (χ1n) is 11.6. The topological polar surface area (TPSA) is 101 Å². The van der Waals surface area contributed by atoms with E-state index in [9.17, 15) is 14.4 Å². The number of carbonyl (C=O) groups is 3. The number of likely N-dealkylation sites (tertiary alicyclic amines) is 1. The second-order valence-corrected chi connectivity index (χ2v) is 9.71. The lowest BCUT2D eigenvalue weighted by Gasteiger charge is -2.37. The third-order valence-electron chi connectivity index (χ3n) is 5.25. The molecule has 33 heavy (non-hydrogen) atoms. The summed E-state index contributed by atoms with van der Waals surface area (Å²) < 4.78 is 10.9. The van der Waals surface area contributed by atoms with Crippen LogP contribution in [0.1, 0.15) is 53.0 Å². The number of aromatic nitrogens is 1. The molecule has 1 N–H and O–H groups in total. The summed E-state index contributed by atoms with van der Waals surface area (Å²) in [4.78, 5) is 44.6. The Bertz CT molecular complexity index is 779. The van der Waals surface area contributed by atoms with E-state index in [1.165, 1.54) is 0 Å². The summed E-state index contributed by atoms with van der Waals surface area (Å²) in [6.45, 7) is 11.3. The molecule has 9 heteroatoms. The third kappa shape index (κ3) is 9.77. The zero-order chi connectivity index (χ0) is 24.4. The number of nitrogens with zero attached hydrogens (tertiary/aromatic N) is 3. The van der Waals surface area contributed by atoms with E-state index in [0.717, 1.165) is 18.4 Å². The van der Waals surface area contributed by atoms with E-state index in [-0.39, 0.29) is 43.1 Å². The molecule has 1 atom stereocenters. The zero-order valence-electron chi connectivity index (χ0n) is 20.5. The number of ether oxygens (including phenoxy) is 2. The van der Waals surface area contributed by atoms with E-state index >= 15 is 0 Å². The lowest BCUT2D eigenvalue weighted by Crippen LogP contribution is -2.48. The van der Waals surface area contributed by atoms with Gasteiger partial charge >= 0.3 is 6.09 Å². The highest BCUT2D eigenvalue weighted by Gasteiger charge is 2.30. The molecule has 1 aromatic rings. The molecule has 0 aliphatic carbocycles. The first kappa shape index (κ1) is 26.6. The molecule has 0 aromatic carbocycles. The van der Waals surface area contributed by atoms with Gasteiger partial charge in [0.05, 0.1) is 0 Å². The van der Waals surface area contributed by atoms with Crippen molar-refractivity contribution >= 4 is 17.9 Å². The SMILES string of the molecule is CC(C)N(CC1CCCN(C(=O)COCC(=O)NCc2cccnc2)C1)C(=O)OC(C)(C)C. The maximum atomic E-state index is 12.6. The molecule has 1 unspecified atom stereocenters. The number of nitrogens with one attached hydrogen (secondary N) is 1. The van der Waals surface area contributed by atoms with Gasteiger partial charge < -0.3 is 24.6 Å². The van der Waals surface area contributed by atoms with Crippen LogP contribution < -0.4 is 5.32 Å². The summed E-state index contributed by atoms with van der Waals surface area (Å²) in [5.74, 6) is -0.262. The first-order chi connectivity index (χ1) is 15.5. The lowest BCUT2D eigenvalue weighted by molar-refractivity contribution is -0.140. The molecule has 0 spiro atoms. The van der Waals surface area contributed by atoms with Gasteiger partial charge in [-0.05, 0) is 65.0 Å². The van der Waals surface area contributed by atoms with E-state index in [0.29, 0.717) is 26.2 Å². The van der Waals surface area contributed by atoms with E-state index in [4.69, 9.17) is 9.47 Å². The average Bonchev–Trinajstić information content (AvgIpc) is 2.75. The molecule has 2 heterocycles. The molecule has 2 rings (SSSR count). The molecule has 184 valence electrons. The van der Waals surface area contributed by atoms with Crippen molar-refractivity contribution in [1.82, 2.24) is 20.1 Å². The number of carbonyl (C=O) groups excluding carboxylic acids is 3. The van der Waals surface area contributed by atoms with Crippen molar-refractivity contribution < 1.29 is 23.9 Å². The highest BCUT2D eigenvalue weighted by atomic mass is 16.6. The van der Waals surface area contributed by atoms with Crippen molar-refractivity contribution in [1.29, 1.82) is 0 Å². The fraction of sp³-hybridized carbons (Fsp3) is 0.667. The van der Waals surface area contributed by atoms with Crippen LogP contribution in [0, 0.1) is 5.92 Å². The fourth-order valence-electron chi connectivity index (χ4n) is 3.61. The molecule has 1 aromatic heterocycles. The minimum Gasteiger partial charge on any atom is -0.444 e. The number of pyridine rings is 1. The minimum absolute atomic E-state index is 0.000518. The minimum atomic E-state index is -0.555. The zero-order valence-corrected chi connectivity index (χ0v) is 20.5. The van der Waals surface area contributed by atoms with Gasteiger partial charge in [0.2, 0.25) is 11.8 Å². The Morgan fingerprint density at radius 2 is 2.03 bits per heavy atom. The van der Waals surface area contributed by atoms with Crippen LogP contribution in [0.15, 0.2) is 24.5 Å². The third-order valence-corrected chi connectivity index (χ3v) is 5.25. The predicted molar refractivity (Wildman–Crippen MR) is 124 cm³/mol. The second-order valence-electron chi connectivity index (χ2n) is 9.71. The van der Waals surface area contributed by atoms with Gasteiger partial charge in [0.15, 0.2) is 0 Å². The van der Waals surface area contributed by atoms with Gasteiger partial charge in [-0.3, -0.25) is 14.6 Å². The van der Waals surface area contributed by atoms with E-state index < -0.39 is 5.60 Å². The molecule has 0 radical (unpaired) electrons. The number of amides is 3. The monoisotopic (exact) mass is 462 g/mol. The molecule has 1 aliphatic rings. The molecule has 9 nitrogen and oxygen atoms in total. The summed E-state index contributed by atoms with van der Waals surface area (Å²) in [6, 6.07) is 3.67. The molecular weight excluding hydrogens is 424 g/mol. The van der Waals surface area contributed by atoms with Crippen molar-refractivity contribution in [2.24, 2.45) is 5.92 Å². The average molecular weight is 463 g/mol. The fourth-order valence-corrected chi connectivity index (χ4v) is 3.61. The number of piperidine rings is 1. The summed E-state index contributed by atoms with van der Waals surface area (Å²) >= 11 is 0. The normalized spacial score (nSPS) is 16.4. The van der Waals surface area contributed by atoms with Gasteiger partial charge in [-0.2, -0.15) is 0 Å². The quantitative estimate of drug-likeness (QED) is 0.605. The molecule has 3 amide bonds. The summed E-state index contributed by atoms with van der Waals surface area (Å²) in [7, 11) is 0. The van der Waals surface area contributed by atoms with Crippen molar-refractivity contribution in [2.75, 3.05) is 32.8 Å². The molecule has 0 bridgehead atoms. The summed E-state index contributed by atoms with van der Waals surface area (Å²) in [6.07, 6.45) is 4.82. The largest absolute Gasteiger partial charge is 0.444 e. The second kappa shape index (κ2) is 12.5. The van der Waals surface area contributed by atoms with Crippen molar-refractivity contribution in [2.45, 2.75) is 65.6 Å². The van der Waals surface area contributed by atoms with Crippen molar-refractivity contribution in [3.8, 4) is 0 Å². The smallest absolute Gasteiger partial charge is 0.410 e. The highest BCUT2D eigenvalue weighted by Crippen LogP contribution is 2.21. The Labute approximate surface area is 196 Å². The molecular formula is C24H38N4O5. The predicted octanol–water partition coefficient (Wildman–Crippen LogP) is 2.60.